The highest BCUT2D eigenvalue weighted by molar-refractivity contribution is 5.97. The zero-order valence-corrected chi connectivity index (χ0v) is 16.2. The van der Waals surface area contributed by atoms with Crippen molar-refractivity contribution in [1.82, 2.24) is 10.6 Å². The molecule has 0 bridgehead atoms. The second-order valence-corrected chi connectivity index (χ2v) is 6.33. The topological polar surface area (TPSA) is 79.5 Å². The van der Waals surface area contributed by atoms with E-state index in [-0.39, 0.29) is 24.2 Å². The Morgan fingerprint density at radius 3 is 2.92 bits per heavy atom. The summed E-state index contributed by atoms with van der Waals surface area (Å²) in [6.45, 7) is 5.91. The van der Waals surface area contributed by atoms with Crippen LogP contribution in [0.2, 0.25) is 0 Å². The van der Waals surface area contributed by atoms with E-state index < -0.39 is 0 Å². The largest absolute Gasteiger partial charge is 0.382 e. The molecule has 0 aliphatic carbocycles. The number of benzene rings is 1. The number of ether oxygens (including phenoxy) is 1. The molecule has 0 saturated carbocycles. The van der Waals surface area contributed by atoms with E-state index >= 15 is 0 Å². The van der Waals surface area contributed by atoms with Gasteiger partial charge in [-0.1, -0.05) is 6.07 Å². The van der Waals surface area contributed by atoms with Gasteiger partial charge in [0.15, 0.2) is 0 Å². The van der Waals surface area contributed by atoms with E-state index in [1.54, 1.807) is 24.3 Å². The summed E-state index contributed by atoms with van der Waals surface area (Å²) in [5.74, 6) is 0.463. The van der Waals surface area contributed by atoms with Crippen molar-refractivity contribution in [2.45, 2.75) is 32.6 Å². The Balaban J connectivity index is 0.00000338. The molecule has 1 saturated heterocycles. The van der Waals surface area contributed by atoms with Crippen molar-refractivity contribution in [2.24, 2.45) is 5.92 Å². The van der Waals surface area contributed by atoms with Crippen molar-refractivity contribution < 1.29 is 14.3 Å². The third-order valence-electron chi connectivity index (χ3n) is 4.31. The summed E-state index contributed by atoms with van der Waals surface area (Å²) >= 11 is 0. The number of hydrogen-bond acceptors (Lipinski definition) is 4. The Kier molecular flexibility index (Phi) is 10.9. The first-order valence-corrected chi connectivity index (χ1v) is 9.15. The van der Waals surface area contributed by atoms with Gasteiger partial charge < -0.3 is 20.7 Å². The molecule has 1 aliphatic rings. The molecular formula is C19H30ClN3O3. The Morgan fingerprint density at radius 1 is 1.35 bits per heavy atom. The Bertz CT molecular complexity index is 563. The van der Waals surface area contributed by atoms with Crippen LogP contribution in [0.5, 0.6) is 0 Å². The highest BCUT2D eigenvalue weighted by Crippen LogP contribution is 2.16. The Morgan fingerprint density at radius 2 is 2.19 bits per heavy atom. The molecule has 1 aromatic rings. The summed E-state index contributed by atoms with van der Waals surface area (Å²) in [5.41, 5.74) is 1.21. The molecule has 7 heteroatoms. The van der Waals surface area contributed by atoms with E-state index in [0.717, 1.165) is 32.4 Å². The minimum absolute atomic E-state index is 0. The predicted octanol–water partition coefficient (Wildman–Crippen LogP) is 2.59. The van der Waals surface area contributed by atoms with Gasteiger partial charge in [-0.3, -0.25) is 9.59 Å². The van der Waals surface area contributed by atoms with Gasteiger partial charge in [0.05, 0.1) is 0 Å². The number of anilines is 1. The maximum Gasteiger partial charge on any atom is 0.251 e. The van der Waals surface area contributed by atoms with Crippen molar-refractivity contribution in [3.63, 3.8) is 0 Å². The van der Waals surface area contributed by atoms with Crippen molar-refractivity contribution in [3.05, 3.63) is 29.8 Å². The summed E-state index contributed by atoms with van der Waals surface area (Å²) in [4.78, 5) is 24.2. The predicted molar refractivity (Wildman–Crippen MR) is 106 cm³/mol. The molecule has 1 atom stereocenters. The lowest BCUT2D eigenvalue weighted by molar-refractivity contribution is -0.116. The maximum absolute atomic E-state index is 12.1. The lowest BCUT2D eigenvalue weighted by atomic mass is 10.0. The van der Waals surface area contributed by atoms with Crippen LogP contribution in [0.3, 0.4) is 0 Å². The minimum atomic E-state index is -0.135. The summed E-state index contributed by atoms with van der Waals surface area (Å²) < 4.78 is 5.24. The molecule has 1 aliphatic heterocycles. The number of halogens is 1. The average Bonchev–Trinajstić information content (AvgIpc) is 3.13. The average molecular weight is 384 g/mol. The van der Waals surface area contributed by atoms with Crippen LogP contribution in [0.4, 0.5) is 5.69 Å². The second-order valence-electron chi connectivity index (χ2n) is 6.33. The molecule has 1 heterocycles. The number of carbonyl (C=O) groups is 2. The van der Waals surface area contributed by atoms with Crippen molar-refractivity contribution in [1.29, 1.82) is 0 Å². The fourth-order valence-corrected chi connectivity index (χ4v) is 2.88. The highest BCUT2D eigenvalue weighted by atomic mass is 35.5. The van der Waals surface area contributed by atoms with Gasteiger partial charge in [0.25, 0.3) is 5.91 Å². The fourth-order valence-electron chi connectivity index (χ4n) is 2.88. The summed E-state index contributed by atoms with van der Waals surface area (Å²) in [6, 6.07) is 7.05. The van der Waals surface area contributed by atoms with Gasteiger partial charge in [0.1, 0.15) is 0 Å². The van der Waals surface area contributed by atoms with Gasteiger partial charge in [0, 0.05) is 37.4 Å². The van der Waals surface area contributed by atoms with Gasteiger partial charge in [-0.2, -0.15) is 0 Å². The molecule has 1 aromatic carbocycles. The van der Waals surface area contributed by atoms with E-state index in [1.165, 1.54) is 0 Å². The molecule has 2 amide bonds. The molecule has 0 radical (unpaired) electrons. The molecule has 146 valence electrons. The van der Waals surface area contributed by atoms with Crippen LogP contribution in [0.25, 0.3) is 0 Å². The van der Waals surface area contributed by atoms with E-state index in [1.807, 2.05) is 6.92 Å². The zero-order chi connectivity index (χ0) is 17.9. The standard InChI is InChI=1S/C19H29N3O3.ClH/c1-2-25-12-4-10-21-19(24)16-5-3-6-17(13-16)22-18(23)8-7-15-9-11-20-14-15;/h3,5-6,13,15,20H,2,4,7-12,14H2,1H3,(H,21,24)(H,22,23);1H. The Labute approximate surface area is 161 Å². The molecule has 3 N–H and O–H groups in total. The van der Waals surface area contributed by atoms with E-state index in [9.17, 15) is 9.59 Å². The molecule has 1 unspecified atom stereocenters. The van der Waals surface area contributed by atoms with Crippen LogP contribution in [0.15, 0.2) is 24.3 Å². The SMILES string of the molecule is CCOCCCNC(=O)c1cccc(NC(=O)CCC2CCNC2)c1.Cl. The molecule has 2 rings (SSSR count). The molecule has 0 spiro atoms. The first kappa shape index (κ1) is 22.4. The normalized spacial score (nSPS) is 16.0. The van der Waals surface area contributed by atoms with Gasteiger partial charge >= 0.3 is 0 Å². The third kappa shape index (κ3) is 8.17. The third-order valence-corrected chi connectivity index (χ3v) is 4.31. The molecule has 26 heavy (non-hydrogen) atoms. The van der Waals surface area contributed by atoms with Gasteiger partial charge in [-0.25, -0.2) is 0 Å². The first-order chi connectivity index (χ1) is 12.2. The van der Waals surface area contributed by atoms with E-state index in [0.29, 0.717) is 43.3 Å². The fraction of sp³-hybridized carbons (Fsp3) is 0.579. The highest BCUT2D eigenvalue weighted by Gasteiger charge is 2.16. The van der Waals surface area contributed by atoms with Crippen molar-refractivity contribution in [2.75, 3.05) is 38.2 Å². The van der Waals surface area contributed by atoms with Crippen molar-refractivity contribution in [3.8, 4) is 0 Å². The van der Waals surface area contributed by atoms with E-state index in [2.05, 4.69) is 16.0 Å². The zero-order valence-electron chi connectivity index (χ0n) is 15.4. The van der Waals surface area contributed by atoms with E-state index in [4.69, 9.17) is 4.74 Å². The summed E-state index contributed by atoms with van der Waals surface area (Å²) in [7, 11) is 0. The maximum atomic E-state index is 12.1. The summed E-state index contributed by atoms with van der Waals surface area (Å²) in [5, 5.41) is 9.06. The molecule has 1 fully saturated rings. The van der Waals surface area contributed by atoms with Crippen LogP contribution < -0.4 is 16.0 Å². The number of amides is 2. The van der Waals surface area contributed by atoms with Crippen LogP contribution in [0.1, 0.15) is 43.0 Å². The van der Waals surface area contributed by atoms with Crippen molar-refractivity contribution >= 4 is 29.9 Å². The van der Waals surface area contributed by atoms with Crippen LogP contribution in [-0.2, 0) is 9.53 Å². The van der Waals surface area contributed by atoms with Crippen LogP contribution in [-0.4, -0.2) is 44.7 Å². The summed E-state index contributed by atoms with van der Waals surface area (Å²) in [6.07, 6.45) is 3.34. The first-order valence-electron chi connectivity index (χ1n) is 9.15. The number of rotatable bonds is 10. The minimum Gasteiger partial charge on any atom is -0.382 e. The number of hydrogen-bond donors (Lipinski definition) is 3. The molecule has 6 nitrogen and oxygen atoms in total. The Hall–Kier alpha value is -1.63. The lowest BCUT2D eigenvalue weighted by Crippen LogP contribution is -2.25. The van der Waals surface area contributed by atoms with Crippen LogP contribution >= 0.6 is 12.4 Å². The lowest BCUT2D eigenvalue weighted by Gasteiger charge is -2.10. The number of carbonyl (C=O) groups excluding carboxylic acids is 2. The number of nitrogens with one attached hydrogen (secondary N) is 3. The van der Waals surface area contributed by atoms with Gasteiger partial charge in [-0.05, 0) is 63.4 Å². The van der Waals surface area contributed by atoms with Crippen LogP contribution in [0, 0.1) is 5.92 Å². The molecular weight excluding hydrogens is 354 g/mol. The monoisotopic (exact) mass is 383 g/mol. The second kappa shape index (κ2) is 12.7. The van der Waals surface area contributed by atoms with Gasteiger partial charge in [-0.15, -0.1) is 12.4 Å². The smallest absolute Gasteiger partial charge is 0.251 e. The quantitative estimate of drug-likeness (QED) is 0.542. The molecule has 0 aromatic heterocycles. The van der Waals surface area contributed by atoms with Gasteiger partial charge in [0.2, 0.25) is 5.91 Å².